The normalized spacial score (nSPS) is 11.9. The second-order valence-corrected chi connectivity index (χ2v) is 4.55. The third-order valence-electron chi connectivity index (χ3n) is 3.26. The summed E-state index contributed by atoms with van der Waals surface area (Å²) in [5.74, 6) is 1.54. The lowest BCUT2D eigenvalue weighted by atomic mass is 10.1. The smallest absolute Gasteiger partial charge is 0.217 e. The molecule has 0 bridgehead atoms. The van der Waals surface area contributed by atoms with Gasteiger partial charge >= 0.3 is 0 Å². The van der Waals surface area contributed by atoms with Gasteiger partial charge in [0.1, 0.15) is 5.75 Å². The Morgan fingerprint density at radius 3 is 2.50 bits per heavy atom. The maximum Gasteiger partial charge on any atom is 0.217 e. The minimum Gasteiger partial charge on any atom is -0.497 e. The zero-order valence-electron chi connectivity index (χ0n) is 12.1. The molecule has 106 valence electrons. The van der Waals surface area contributed by atoms with E-state index < -0.39 is 0 Å². The van der Waals surface area contributed by atoms with E-state index >= 15 is 0 Å². The third-order valence-corrected chi connectivity index (χ3v) is 3.26. The average Bonchev–Trinajstić information content (AvgIpc) is 2.53. The summed E-state index contributed by atoms with van der Waals surface area (Å²) < 4.78 is 10.4. The van der Waals surface area contributed by atoms with Crippen molar-refractivity contribution in [2.45, 2.75) is 19.5 Å². The molecule has 2 aromatic rings. The maximum atomic E-state index is 5.25. The van der Waals surface area contributed by atoms with Crippen LogP contribution in [0, 0.1) is 0 Å². The predicted molar refractivity (Wildman–Crippen MR) is 79.0 cm³/mol. The number of nitrogens with one attached hydrogen (secondary N) is 1. The lowest BCUT2D eigenvalue weighted by Gasteiger charge is -2.15. The summed E-state index contributed by atoms with van der Waals surface area (Å²) in [7, 11) is 3.31. The van der Waals surface area contributed by atoms with Gasteiger partial charge in [-0.25, -0.2) is 4.98 Å². The summed E-state index contributed by atoms with van der Waals surface area (Å²) >= 11 is 0. The van der Waals surface area contributed by atoms with Gasteiger partial charge in [0.25, 0.3) is 0 Å². The molecular weight excluding hydrogens is 252 g/mol. The zero-order chi connectivity index (χ0) is 14.4. The first-order valence-electron chi connectivity index (χ1n) is 6.60. The van der Waals surface area contributed by atoms with E-state index in [-0.39, 0.29) is 6.04 Å². The molecule has 1 aromatic carbocycles. The molecule has 1 N–H and O–H groups in total. The highest BCUT2D eigenvalue weighted by atomic mass is 16.5. The lowest BCUT2D eigenvalue weighted by molar-refractivity contribution is 0.389. The van der Waals surface area contributed by atoms with Crippen LogP contribution in [-0.2, 0) is 6.54 Å². The van der Waals surface area contributed by atoms with Gasteiger partial charge in [-0.3, -0.25) is 0 Å². The molecule has 0 aliphatic rings. The Labute approximate surface area is 119 Å². The number of nitrogens with zero attached hydrogens (tertiary/aromatic N) is 1. The summed E-state index contributed by atoms with van der Waals surface area (Å²) in [4.78, 5) is 4.19. The van der Waals surface area contributed by atoms with Crippen LogP contribution >= 0.6 is 0 Å². The van der Waals surface area contributed by atoms with E-state index in [0.29, 0.717) is 12.4 Å². The highest BCUT2D eigenvalue weighted by molar-refractivity contribution is 5.29. The van der Waals surface area contributed by atoms with Crippen LogP contribution in [0.1, 0.15) is 24.1 Å². The van der Waals surface area contributed by atoms with Crippen LogP contribution in [0.25, 0.3) is 0 Å². The van der Waals surface area contributed by atoms with E-state index in [1.165, 1.54) is 5.56 Å². The molecule has 0 saturated carbocycles. The van der Waals surface area contributed by atoms with Gasteiger partial charge in [0.05, 0.1) is 14.2 Å². The summed E-state index contributed by atoms with van der Waals surface area (Å²) in [6.45, 7) is 2.84. The minimum atomic E-state index is 0.241. The van der Waals surface area contributed by atoms with Crippen molar-refractivity contribution >= 4 is 0 Å². The van der Waals surface area contributed by atoms with Crippen LogP contribution in [0.4, 0.5) is 0 Å². The van der Waals surface area contributed by atoms with E-state index in [2.05, 4.69) is 29.4 Å². The molecule has 1 aromatic heterocycles. The Hall–Kier alpha value is -2.07. The largest absolute Gasteiger partial charge is 0.497 e. The van der Waals surface area contributed by atoms with Crippen molar-refractivity contribution in [1.29, 1.82) is 0 Å². The van der Waals surface area contributed by atoms with Crippen LogP contribution in [-0.4, -0.2) is 19.2 Å². The number of methoxy groups -OCH3 is 2. The zero-order valence-corrected chi connectivity index (χ0v) is 12.1. The Balaban J connectivity index is 1.98. The van der Waals surface area contributed by atoms with Gasteiger partial charge in [-0.15, -0.1) is 0 Å². The van der Waals surface area contributed by atoms with Crippen molar-refractivity contribution in [3.8, 4) is 11.6 Å². The Kier molecular flexibility index (Phi) is 4.96. The van der Waals surface area contributed by atoms with Crippen LogP contribution in [0.5, 0.6) is 11.6 Å². The molecule has 0 fully saturated rings. The molecule has 0 aliphatic heterocycles. The second-order valence-electron chi connectivity index (χ2n) is 4.55. The molecule has 20 heavy (non-hydrogen) atoms. The molecular formula is C16H20N2O2. The molecule has 0 spiro atoms. The van der Waals surface area contributed by atoms with E-state index in [4.69, 9.17) is 9.47 Å². The fraction of sp³-hybridized carbons (Fsp3) is 0.312. The minimum absolute atomic E-state index is 0.241. The topological polar surface area (TPSA) is 43.4 Å². The SMILES string of the molecule is COc1ccc(C(C)NCc2cccnc2OC)cc1. The van der Waals surface area contributed by atoms with Crippen molar-refractivity contribution in [3.05, 3.63) is 53.7 Å². The molecule has 0 radical (unpaired) electrons. The van der Waals surface area contributed by atoms with Gasteiger partial charge in [-0.1, -0.05) is 18.2 Å². The fourth-order valence-corrected chi connectivity index (χ4v) is 2.02. The van der Waals surface area contributed by atoms with Gasteiger partial charge in [-0.05, 0) is 30.7 Å². The lowest BCUT2D eigenvalue weighted by Crippen LogP contribution is -2.18. The fourth-order valence-electron chi connectivity index (χ4n) is 2.02. The molecule has 1 atom stereocenters. The molecule has 1 unspecified atom stereocenters. The number of rotatable bonds is 6. The number of benzene rings is 1. The van der Waals surface area contributed by atoms with E-state index in [1.54, 1.807) is 20.4 Å². The molecule has 4 heteroatoms. The molecule has 0 amide bonds. The monoisotopic (exact) mass is 272 g/mol. The summed E-state index contributed by atoms with van der Waals surface area (Å²) in [6.07, 6.45) is 1.73. The second kappa shape index (κ2) is 6.91. The van der Waals surface area contributed by atoms with Crippen molar-refractivity contribution in [2.75, 3.05) is 14.2 Å². The maximum absolute atomic E-state index is 5.25. The van der Waals surface area contributed by atoms with Crippen molar-refractivity contribution < 1.29 is 9.47 Å². The highest BCUT2D eigenvalue weighted by Crippen LogP contribution is 2.19. The van der Waals surface area contributed by atoms with E-state index in [1.807, 2.05) is 24.3 Å². The van der Waals surface area contributed by atoms with Crippen LogP contribution < -0.4 is 14.8 Å². The number of ether oxygens (including phenoxy) is 2. The number of pyridine rings is 1. The van der Waals surface area contributed by atoms with Crippen LogP contribution in [0.2, 0.25) is 0 Å². The van der Waals surface area contributed by atoms with Gasteiger partial charge in [0.15, 0.2) is 0 Å². The molecule has 2 rings (SSSR count). The Morgan fingerprint density at radius 1 is 1.10 bits per heavy atom. The Bertz CT molecular complexity index is 540. The summed E-state index contributed by atoms with van der Waals surface area (Å²) in [6, 6.07) is 12.2. The van der Waals surface area contributed by atoms with Crippen molar-refractivity contribution in [2.24, 2.45) is 0 Å². The number of aromatic nitrogens is 1. The first kappa shape index (κ1) is 14.3. The number of hydrogen-bond acceptors (Lipinski definition) is 4. The van der Waals surface area contributed by atoms with Gasteiger partial charge in [-0.2, -0.15) is 0 Å². The average molecular weight is 272 g/mol. The standard InChI is InChI=1S/C16H20N2O2/c1-12(13-6-8-15(19-2)9-7-13)18-11-14-5-4-10-17-16(14)20-3/h4-10,12,18H,11H2,1-3H3. The quantitative estimate of drug-likeness (QED) is 0.878. The first-order valence-corrected chi connectivity index (χ1v) is 6.60. The Morgan fingerprint density at radius 2 is 1.85 bits per heavy atom. The van der Waals surface area contributed by atoms with Gasteiger partial charge < -0.3 is 14.8 Å². The van der Waals surface area contributed by atoms with Crippen molar-refractivity contribution in [1.82, 2.24) is 10.3 Å². The summed E-state index contributed by atoms with van der Waals surface area (Å²) in [5.41, 5.74) is 2.27. The highest BCUT2D eigenvalue weighted by Gasteiger charge is 2.08. The first-order chi connectivity index (χ1) is 9.74. The molecule has 0 aliphatic carbocycles. The molecule has 1 heterocycles. The van der Waals surface area contributed by atoms with Gasteiger partial charge in [0.2, 0.25) is 5.88 Å². The molecule has 0 saturated heterocycles. The van der Waals surface area contributed by atoms with Crippen LogP contribution in [0.15, 0.2) is 42.6 Å². The van der Waals surface area contributed by atoms with Crippen molar-refractivity contribution in [3.63, 3.8) is 0 Å². The molecule has 4 nitrogen and oxygen atoms in total. The van der Waals surface area contributed by atoms with E-state index in [0.717, 1.165) is 11.3 Å². The number of hydrogen-bond donors (Lipinski definition) is 1. The predicted octanol–water partition coefficient (Wildman–Crippen LogP) is 2.95. The summed E-state index contributed by atoms with van der Waals surface area (Å²) in [5, 5.41) is 3.47. The third kappa shape index (κ3) is 3.48. The van der Waals surface area contributed by atoms with Crippen LogP contribution in [0.3, 0.4) is 0 Å². The van der Waals surface area contributed by atoms with Gasteiger partial charge in [0, 0.05) is 24.3 Å². The van der Waals surface area contributed by atoms with E-state index in [9.17, 15) is 0 Å².